The second-order valence-electron chi connectivity index (χ2n) is 3.35. The zero-order chi connectivity index (χ0) is 7.78. The lowest BCUT2D eigenvalue weighted by Gasteiger charge is -2.12. The SMILES string of the molecule is CCCC(C)C1(C)NC1=O. The third kappa shape index (κ3) is 1.02. The molecule has 1 saturated heterocycles. The average molecular weight is 141 g/mol. The number of nitrogens with one attached hydrogen (secondary N) is 1. The monoisotopic (exact) mass is 141 g/mol. The van der Waals surface area contributed by atoms with Gasteiger partial charge in [-0.2, -0.15) is 0 Å². The largest absolute Gasteiger partial charge is 0.340 e. The summed E-state index contributed by atoms with van der Waals surface area (Å²) in [5, 5.41) is 2.85. The molecule has 1 aliphatic heterocycles. The van der Waals surface area contributed by atoms with Crippen molar-refractivity contribution in [3.05, 3.63) is 0 Å². The lowest BCUT2D eigenvalue weighted by molar-refractivity contribution is -0.112. The van der Waals surface area contributed by atoms with Crippen LogP contribution >= 0.6 is 0 Å². The second-order valence-corrected chi connectivity index (χ2v) is 3.35. The van der Waals surface area contributed by atoms with Gasteiger partial charge >= 0.3 is 0 Å². The van der Waals surface area contributed by atoms with Gasteiger partial charge < -0.3 is 5.32 Å². The van der Waals surface area contributed by atoms with Gasteiger partial charge in [-0.3, -0.25) is 4.79 Å². The van der Waals surface area contributed by atoms with Crippen LogP contribution in [0.4, 0.5) is 0 Å². The summed E-state index contributed by atoms with van der Waals surface area (Å²) in [5.74, 6) is 0.707. The smallest absolute Gasteiger partial charge is 0.246 e. The van der Waals surface area contributed by atoms with E-state index >= 15 is 0 Å². The average Bonchev–Trinajstić information content (AvgIpc) is 2.43. The van der Waals surface area contributed by atoms with E-state index in [2.05, 4.69) is 19.2 Å². The highest BCUT2D eigenvalue weighted by atomic mass is 16.2. The van der Waals surface area contributed by atoms with Crippen molar-refractivity contribution in [2.45, 2.75) is 39.2 Å². The Morgan fingerprint density at radius 1 is 1.70 bits per heavy atom. The molecule has 10 heavy (non-hydrogen) atoms. The molecule has 58 valence electrons. The normalized spacial score (nSPS) is 33.3. The number of rotatable bonds is 3. The van der Waals surface area contributed by atoms with E-state index in [-0.39, 0.29) is 11.4 Å². The van der Waals surface area contributed by atoms with Crippen LogP contribution < -0.4 is 5.32 Å². The number of hydrogen-bond donors (Lipinski definition) is 1. The molecule has 0 aromatic rings. The zero-order valence-corrected chi connectivity index (χ0v) is 6.90. The molecule has 1 amide bonds. The maximum Gasteiger partial charge on any atom is 0.246 e. The van der Waals surface area contributed by atoms with Crippen LogP contribution in [0.3, 0.4) is 0 Å². The summed E-state index contributed by atoms with van der Waals surface area (Å²) < 4.78 is 0. The molecule has 0 bridgehead atoms. The maximum absolute atomic E-state index is 10.8. The molecule has 1 N–H and O–H groups in total. The molecule has 1 rings (SSSR count). The minimum atomic E-state index is -0.171. The summed E-state index contributed by atoms with van der Waals surface area (Å²) in [4.78, 5) is 10.8. The highest BCUT2D eigenvalue weighted by Gasteiger charge is 2.52. The van der Waals surface area contributed by atoms with Crippen molar-refractivity contribution < 1.29 is 4.79 Å². The fourth-order valence-electron chi connectivity index (χ4n) is 1.27. The first kappa shape index (κ1) is 7.58. The molecule has 2 nitrogen and oxygen atoms in total. The molecule has 1 heterocycles. The van der Waals surface area contributed by atoms with Gasteiger partial charge in [-0.25, -0.2) is 0 Å². The summed E-state index contributed by atoms with van der Waals surface area (Å²) >= 11 is 0. The molecule has 0 spiro atoms. The van der Waals surface area contributed by atoms with Crippen LogP contribution in [0.5, 0.6) is 0 Å². The van der Waals surface area contributed by atoms with Crippen molar-refractivity contribution in [1.82, 2.24) is 5.32 Å². The van der Waals surface area contributed by atoms with Crippen molar-refractivity contribution >= 4 is 5.91 Å². The van der Waals surface area contributed by atoms with Crippen LogP contribution in [0, 0.1) is 5.92 Å². The van der Waals surface area contributed by atoms with Gasteiger partial charge in [0.25, 0.3) is 0 Å². The third-order valence-electron chi connectivity index (χ3n) is 2.49. The van der Waals surface area contributed by atoms with E-state index < -0.39 is 0 Å². The van der Waals surface area contributed by atoms with Crippen molar-refractivity contribution in [1.29, 1.82) is 0 Å². The van der Waals surface area contributed by atoms with Gasteiger partial charge in [-0.15, -0.1) is 0 Å². The van der Waals surface area contributed by atoms with Gasteiger partial charge in [0.15, 0.2) is 0 Å². The van der Waals surface area contributed by atoms with Crippen LogP contribution in [0.1, 0.15) is 33.6 Å². The van der Waals surface area contributed by atoms with Crippen LogP contribution in [-0.4, -0.2) is 11.4 Å². The van der Waals surface area contributed by atoms with Crippen molar-refractivity contribution in [3.63, 3.8) is 0 Å². The highest BCUT2D eigenvalue weighted by Crippen LogP contribution is 2.30. The van der Waals surface area contributed by atoms with Crippen molar-refractivity contribution in [3.8, 4) is 0 Å². The predicted molar refractivity (Wildman–Crippen MR) is 40.6 cm³/mol. The molecule has 2 atom stereocenters. The Morgan fingerprint density at radius 2 is 2.20 bits per heavy atom. The summed E-state index contributed by atoms with van der Waals surface area (Å²) in [5.41, 5.74) is -0.171. The molecule has 0 radical (unpaired) electrons. The van der Waals surface area contributed by atoms with Crippen molar-refractivity contribution in [2.75, 3.05) is 0 Å². The van der Waals surface area contributed by atoms with E-state index in [1.54, 1.807) is 0 Å². The van der Waals surface area contributed by atoms with E-state index in [1.807, 2.05) is 6.92 Å². The number of amides is 1. The van der Waals surface area contributed by atoms with Gasteiger partial charge in [-0.05, 0) is 19.3 Å². The summed E-state index contributed by atoms with van der Waals surface area (Å²) in [6.45, 7) is 6.25. The van der Waals surface area contributed by atoms with Crippen LogP contribution in [0.25, 0.3) is 0 Å². The van der Waals surface area contributed by atoms with E-state index in [1.165, 1.54) is 0 Å². The maximum atomic E-state index is 10.8. The molecule has 1 fully saturated rings. The Bertz CT molecular complexity index is 155. The molecular weight excluding hydrogens is 126 g/mol. The number of carbonyl (C=O) groups is 1. The summed E-state index contributed by atoms with van der Waals surface area (Å²) in [6, 6.07) is 0. The first-order valence-corrected chi connectivity index (χ1v) is 3.94. The Kier molecular flexibility index (Phi) is 1.71. The fourth-order valence-corrected chi connectivity index (χ4v) is 1.27. The van der Waals surface area contributed by atoms with E-state index in [9.17, 15) is 4.79 Å². The first-order chi connectivity index (χ1) is 4.61. The van der Waals surface area contributed by atoms with Gasteiger partial charge in [0, 0.05) is 0 Å². The van der Waals surface area contributed by atoms with Gasteiger partial charge in [-0.1, -0.05) is 20.3 Å². The standard InChI is InChI=1S/C8H15NO/c1-4-5-6(2)8(3)7(10)9-8/h6H,4-5H2,1-3H3,(H,9,10). The molecule has 0 aliphatic carbocycles. The lowest BCUT2D eigenvalue weighted by atomic mass is 9.91. The predicted octanol–water partition coefficient (Wildman–Crippen LogP) is 1.31. The summed E-state index contributed by atoms with van der Waals surface area (Å²) in [6.07, 6.45) is 2.29. The van der Waals surface area contributed by atoms with E-state index in [0.29, 0.717) is 5.92 Å². The highest BCUT2D eigenvalue weighted by molar-refractivity contribution is 6.01. The topological polar surface area (TPSA) is 39.0 Å². The Labute approximate surface area is 62.0 Å². The van der Waals surface area contributed by atoms with Crippen LogP contribution in [0.15, 0.2) is 0 Å². The summed E-state index contributed by atoms with van der Waals surface area (Å²) in [7, 11) is 0. The zero-order valence-electron chi connectivity index (χ0n) is 6.90. The van der Waals surface area contributed by atoms with Gasteiger partial charge in [0.1, 0.15) is 5.54 Å². The molecule has 1 aliphatic rings. The minimum Gasteiger partial charge on any atom is -0.340 e. The molecule has 0 saturated carbocycles. The minimum absolute atomic E-state index is 0.171. The number of carbonyl (C=O) groups excluding carboxylic acids is 1. The van der Waals surface area contributed by atoms with Crippen LogP contribution in [-0.2, 0) is 4.79 Å². The number of hydrogen-bond acceptors (Lipinski definition) is 1. The first-order valence-electron chi connectivity index (χ1n) is 3.94. The van der Waals surface area contributed by atoms with Gasteiger partial charge in [0.2, 0.25) is 5.91 Å². The van der Waals surface area contributed by atoms with E-state index in [0.717, 1.165) is 12.8 Å². The fraction of sp³-hybridized carbons (Fsp3) is 0.875. The molecule has 2 unspecified atom stereocenters. The molecular formula is C8H15NO. The lowest BCUT2D eigenvalue weighted by Crippen LogP contribution is -2.21. The molecule has 0 aromatic heterocycles. The van der Waals surface area contributed by atoms with Crippen LogP contribution in [0.2, 0.25) is 0 Å². The Hall–Kier alpha value is -0.530. The van der Waals surface area contributed by atoms with E-state index in [4.69, 9.17) is 0 Å². The third-order valence-corrected chi connectivity index (χ3v) is 2.49. The second kappa shape index (κ2) is 2.26. The van der Waals surface area contributed by atoms with Crippen molar-refractivity contribution in [2.24, 2.45) is 5.92 Å². The quantitative estimate of drug-likeness (QED) is 0.591. The Morgan fingerprint density at radius 3 is 2.50 bits per heavy atom. The van der Waals surface area contributed by atoms with Gasteiger partial charge in [0.05, 0.1) is 0 Å². The molecule has 2 heteroatoms. The Balaban J connectivity index is 2.42. The molecule has 0 aromatic carbocycles.